The fraction of sp³-hybridized carbons (Fsp3) is 0.182. The maximum Gasteiger partial charge on any atom is 0.331 e. The lowest BCUT2D eigenvalue weighted by Crippen LogP contribution is -2.41. The summed E-state index contributed by atoms with van der Waals surface area (Å²) in [5.41, 5.74) is -3.28. The molecule has 0 saturated carbocycles. The van der Waals surface area contributed by atoms with Crippen molar-refractivity contribution in [3.05, 3.63) is 102 Å². The summed E-state index contributed by atoms with van der Waals surface area (Å²) in [6.07, 6.45) is 2.74. The summed E-state index contributed by atoms with van der Waals surface area (Å²) >= 11 is 0. The van der Waals surface area contributed by atoms with Crippen molar-refractivity contribution in [1.82, 2.24) is 19.1 Å². The number of hydrogen-bond donors (Lipinski definition) is 3. The Balaban J connectivity index is 2.17. The van der Waals surface area contributed by atoms with Gasteiger partial charge in [0.2, 0.25) is 11.8 Å². The van der Waals surface area contributed by atoms with E-state index in [9.17, 15) is 24.3 Å². The molecule has 1 aromatic carbocycles. The Morgan fingerprint density at radius 1 is 1.06 bits per heavy atom. The Kier molecular flexibility index (Phi) is 5.38. The van der Waals surface area contributed by atoms with Gasteiger partial charge in [-0.15, -0.1) is 13.2 Å². The molecule has 0 radical (unpaired) electrons. The van der Waals surface area contributed by atoms with E-state index in [-0.39, 0.29) is 41.6 Å². The predicted octanol–water partition coefficient (Wildman–Crippen LogP) is 0.759. The van der Waals surface area contributed by atoms with Gasteiger partial charge in [0.15, 0.2) is 11.5 Å². The number of H-pyrrole nitrogens is 2. The number of nitrogens with zero attached hydrogens (tertiary/aromatic N) is 2. The summed E-state index contributed by atoms with van der Waals surface area (Å²) in [6, 6.07) is 4.81. The molecular weight excluding hydrogens is 432 g/mol. The van der Waals surface area contributed by atoms with E-state index < -0.39 is 34.3 Å². The third-order valence-electron chi connectivity index (χ3n) is 5.34. The van der Waals surface area contributed by atoms with Gasteiger partial charge in [-0.05, 0) is 6.07 Å². The van der Waals surface area contributed by atoms with Crippen LogP contribution in [-0.4, -0.2) is 31.3 Å². The third kappa shape index (κ3) is 3.30. The predicted molar refractivity (Wildman–Crippen MR) is 119 cm³/mol. The van der Waals surface area contributed by atoms with E-state index in [1.54, 1.807) is 18.2 Å². The zero-order valence-electron chi connectivity index (χ0n) is 17.6. The minimum Gasteiger partial charge on any atom is -0.494 e. The van der Waals surface area contributed by atoms with Gasteiger partial charge in [-0.2, -0.15) is 0 Å². The molecule has 11 nitrogen and oxygen atoms in total. The molecule has 1 atom stereocenters. The van der Waals surface area contributed by atoms with Crippen molar-refractivity contribution >= 4 is 0 Å². The third-order valence-corrected chi connectivity index (χ3v) is 5.34. The molecule has 3 aromatic rings. The fourth-order valence-electron chi connectivity index (χ4n) is 3.92. The molecule has 0 saturated heterocycles. The van der Waals surface area contributed by atoms with Crippen molar-refractivity contribution in [1.29, 1.82) is 0 Å². The number of ether oxygens (including phenoxy) is 2. The van der Waals surface area contributed by atoms with Crippen molar-refractivity contribution in [2.24, 2.45) is 0 Å². The lowest BCUT2D eigenvalue weighted by Gasteiger charge is -2.28. The van der Waals surface area contributed by atoms with Gasteiger partial charge in [0.1, 0.15) is 0 Å². The van der Waals surface area contributed by atoms with E-state index in [0.717, 1.165) is 9.13 Å². The second-order valence-corrected chi connectivity index (χ2v) is 7.19. The summed E-state index contributed by atoms with van der Waals surface area (Å²) in [7, 11) is 1.41. The standard InChI is InChI=1S/C22H20N4O7/c1-4-9-25-19(28)14(17(27)23-21(25)30)13-11-7-6-8-12(32-3)16(11)33-18-15(13)20(29)26(10-5-2)22(31)24-18/h4-8,13,28H,1-2,9-10H2,3H3,(H,24,31)(H,23,27,30)/t13-/m0/s1. The summed E-state index contributed by atoms with van der Waals surface area (Å²) in [5, 5.41) is 11.0. The van der Waals surface area contributed by atoms with Crippen LogP contribution in [0.2, 0.25) is 0 Å². The topological polar surface area (TPSA) is 148 Å². The Hall–Kier alpha value is -4.54. The molecule has 2 aromatic heterocycles. The first-order valence-corrected chi connectivity index (χ1v) is 9.83. The number of fused-ring (bicyclic) bond motifs is 2. The summed E-state index contributed by atoms with van der Waals surface area (Å²) in [4.78, 5) is 55.8. The van der Waals surface area contributed by atoms with Crippen LogP contribution in [0.4, 0.5) is 0 Å². The van der Waals surface area contributed by atoms with Crippen LogP contribution in [0.25, 0.3) is 0 Å². The number of aromatic hydroxyl groups is 1. The SMILES string of the molecule is C=CCn1c(O)c([C@@H]2c3cccc(OC)c3Oc3[nH]c(=O)n(CC=C)c(=O)c32)c(=O)[nH]c1=O. The molecule has 1 aliphatic rings. The minimum absolute atomic E-state index is 0.0954. The van der Waals surface area contributed by atoms with E-state index in [1.165, 1.54) is 19.3 Å². The van der Waals surface area contributed by atoms with Crippen LogP contribution in [0.5, 0.6) is 23.3 Å². The smallest absolute Gasteiger partial charge is 0.331 e. The summed E-state index contributed by atoms with van der Waals surface area (Å²) in [6.45, 7) is 6.91. The van der Waals surface area contributed by atoms with E-state index in [4.69, 9.17) is 9.47 Å². The molecule has 1 aliphatic heterocycles. The molecule has 0 bridgehead atoms. The summed E-state index contributed by atoms with van der Waals surface area (Å²) < 4.78 is 13.0. The largest absolute Gasteiger partial charge is 0.494 e. The summed E-state index contributed by atoms with van der Waals surface area (Å²) in [5.74, 6) is -1.62. The Morgan fingerprint density at radius 3 is 2.39 bits per heavy atom. The van der Waals surface area contributed by atoms with Gasteiger partial charge in [-0.25, -0.2) is 9.59 Å². The normalized spacial score (nSPS) is 14.0. The van der Waals surface area contributed by atoms with Gasteiger partial charge in [0.25, 0.3) is 11.1 Å². The number of para-hydroxylation sites is 1. The molecule has 0 amide bonds. The number of methoxy groups -OCH3 is 1. The zero-order valence-corrected chi connectivity index (χ0v) is 17.6. The van der Waals surface area contributed by atoms with Gasteiger partial charge in [-0.1, -0.05) is 24.3 Å². The number of aromatic amines is 2. The number of nitrogens with one attached hydrogen (secondary N) is 2. The Labute approximate surface area is 185 Å². The maximum absolute atomic E-state index is 13.4. The lowest BCUT2D eigenvalue weighted by molar-refractivity contribution is 0.356. The number of hydrogen-bond acceptors (Lipinski definition) is 7. The molecule has 3 heterocycles. The fourth-order valence-corrected chi connectivity index (χ4v) is 3.92. The molecule has 0 fully saturated rings. The number of benzene rings is 1. The molecule has 33 heavy (non-hydrogen) atoms. The van der Waals surface area contributed by atoms with Crippen LogP contribution in [-0.2, 0) is 13.1 Å². The molecule has 0 unspecified atom stereocenters. The van der Waals surface area contributed by atoms with Crippen LogP contribution in [0.3, 0.4) is 0 Å². The van der Waals surface area contributed by atoms with Gasteiger partial charge >= 0.3 is 11.4 Å². The Morgan fingerprint density at radius 2 is 1.73 bits per heavy atom. The van der Waals surface area contributed by atoms with Crippen molar-refractivity contribution in [2.75, 3.05) is 7.11 Å². The minimum atomic E-state index is -1.19. The van der Waals surface area contributed by atoms with Crippen molar-refractivity contribution in [2.45, 2.75) is 19.0 Å². The second-order valence-electron chi connectivity index (χ2n) is 7.19. The first kappa shape index (κ1) is 21.7. The quantitative estimate of drug-likeness (QED) is 0.366. The zero-order chi connectivity index (χ0) is 23.9. The molecule has 11 heteroatoms. The monoisotopic (exact) mass is 452 g/mol. The molecule has 4 rings (SSSR count). The van der Waals surface area contributed by atoms with Crippen molar-refractivity contribution < 1.29 is 14.6 Å². The van der Waals surface area contributed by atoms with Gasteiger partial charge in [0.05, 0.1) is 24.2 Å². The van der Waals surface area contributed by atoms with Crippen LogP contribution >= 0.6 is 0 Å². The van der Waals surface area contributed by atoms with E-state index in [2.05, 4.69) is 23.1 Å². The average molecular weight is 452 g/mol. The average Bonchev–Trinajstić information content (AvgIpc) is 2.78. The Bertz CT molecular complexity index is 1520. The number of aromatic nitrogens is 4. The van der Waals surface area contributed by atoms with Crippen LogP contribution in [0.1, 0.15) is 22.6 Å². The number of rotatable bonds is 6. The van der Waals surface area contributed by atoms with E-state index >= 15 is 0 Å². The van der Waals surface area contributed by atoms with Gasteiger partial charge in [-0.3, -0.25) is 28.7 Å². The number of allylic oxidation sites excluding steroid dienone is 2. The second kappa shape index (κ2) is 8.19. The first-order chi connectivity index (χ1) is 15.8. The molecule has 0 aliphatic carbocycles. The first-order valence-electron chi connectivity index (χ1n) is 9.83. The molecular formula is C22H20N4O7. The molecule has 0 spiro atoms. The van der Waals surface area contributed by atoms with E-state index in [1.807, 2.05) is 0 Å². The van der Waals surface area contributed by atoms with Gasteiger partial charge in [0, 0.05) is 18.7 Å². The highest BCUT2D eigenvalue weighted by Gasteiger charge is 2.38. The van der Waals surface area contributed by atoms with Crippen molar-refractivity contribution in [3.8, 4) is 23.3 Å². The maximum atomic E-state index is 13.4. The van der Waals surface area contributed by atoms with Gasteiger partial charge < -0.3 is 14.6 Å². The van der Waals surface area contributed by atoms with Crippen LogP contribution < -0.4 is 32.0 Å². The highest BCUT2D eigenvalue weighted by molar-refractivity contribution is 5.61. The van der Waals surface area contributed by atoms with E-state index in [0.29, 0.717) is 5.56 Å². The molecule has 170 valence electrons. The highest BCUT2D eigenvalue weighted by Crippen LogP contribution is 2.49. The van der Waals surface area contributed by atoms with Crippen molar-refractivity contribution in [3.63, 3.8) is 0 Å². The highest BCUT2D eigenvalue weighted by atomic mass is 16.5. The van der Waals surface area contributed by atoms with Crippen LogP contribution in [0.15, 0.2) is 62.7 Å². The lowest BCUT2D eigenvalue weighted by atomic mass is 9.84. The van der Waals surface area contributed by atoms with Crippen LogP contribution in [0, 0.1) is 0 Å². The molecule has 3 N–H and O–H groups in total.